The SMILES string of the molecule is CS(C)(Oc1c2ccccc2cc2ccccc12)OS(=O)(=O)C(F)(F)C(F)(F)C(F)(F)C(F)(F)C(F)(F)C(F)(F)C(F)(F)C(F)(F)F. The molecule has 0 aliphatic heterocycles. The van der Waals surface area contributed by atoms with Gasteiger partial charge < -0.3 is 4.18 Å². The molecule has 266 valence electrons. The van der Waals surface area contributed by atoms with E-state index in [0.717, 1.165) is 0 Å². The van der Waals surface area contributed by atoms with Crippen LogP contribution in [0.5, 0.6) is 5.75 Å². The standard InChI is InChI=1S/C24H15F17O4S2/c1-46(2,44-16-14-9-5-3-7-12(14)11-13-8-4-6-10-15(13)16)45-47(42,43)24(40,41)22(35,36)20(31,32)18(27,28)17(25,26)19(29,30)21(33,34)23(37,38)39/h3-11H,1-2H3. The van der Waals surface area contributed by atoms with Gasteiger partial charge in [-0.1, -0.05) is 48.5 Å². The van der Waals surface area contributed by atoms with Gasteiger partial charge in [-0.15, -0.1) is 14.2 Å². The molecule has 23 heteroatoms. The van der Waals surface area contributed by atoms with Crippen molar-refractivity contribution in [3.05, 3.63) is 54.6 Å². The van der Waals surface area contributed by atoms with E-state index in [1.807, 2.05) is 0 Å². The predicted octanol–water partition coefficient (Wildman–Crippen LogP) is 9.58. The van der Waals surface area contributed by atoms with Crippen LogP contribution in [0.1, 0.15) is 0 Å². The third kappa shape index (κ3) is 5.58. The van der Waals surface area contributed by atoms with Crippen molar-refractivity contribution in [1.29, 1.82) is 0 Å². The van der Waals surface area contributed by atoms with Crippen LogP contribution in [-0.4, -0.2) is 67.9 Å². The van der Waals surface area contributed by atoms with Crippen LogP contribution in [0, 0.1) is 0 Å². The van der Waals surface area contributed by atoms with Crippen molar-refractivity contribution < 1.29 is 90.9 Å². The lowest BCUT2D eigenvalue weighted by Gasteiger charge is -2.43. The van der Waals surface area contributed by atoms with Gasteiger partial charge in [0, 0.05) is 23.3 Å². The van der Waals surface area contributed by atoms with Gasteiger partial charge in [0.1, 0.15) is 0 Å². The third-order valence-electron chi connectivity index (χ3n) is 6.27. The summed E-state index contributed by atoms with van der Waals surface area (Å²) in [5, 5.41) is -7.01. The van der Waals surface area contributed by atoms with Gasteiger partial charge in [-0.25, -0.2) is 0 Å². The first kappa shape index (κ1) is 38.5. The second-order valence-electron chi connectivity index (χ2n) is 9.86. The summed E-state index contributed by atoms with van der Waals surface area (Å²) in [6.07, 6.45) is -7.01. The lowest BCUT2D eigenvalue weighted by atomic mass is 9.91. The van der Waals surface area contributed by atoms with Crippen LogP contribution in [0.25, 0.3) is 21.5 Å². The lowest BCUT2D eigenvalue weighted by Crippen LogP contribution is -2.75. The van der Waals surface area contributed by atoms with E-state index >= 15 is 0 Å². The smallest absolute Gasteiger partial charge is 0.390 e. The van der Waals surface area contributed by atoms with Crippen molar-refractivity contribution in [1.82, 2.24) is 0 Å². The Kier molecular flexibility index (Phi) is 9.04. The van der Waals surface area contributed by atoms with E-state index in [4.69, 9.17) is 4.18 Å². The third-order valence-corrected chi connectivity index (χ3v) is 9.75. The van der Waals surface area contributed by atoms with Gasteiger partial charge in [-0.05, 0) is 16.8 Å². The fourth-order valence-corrected chi connectivity index (χ4v) is 7.04. The van der Waals surface area contributed by atoms with Crippen molar-refractivity contribution in [2.75, 3.05) is 12.5 Å². The molecule has 47 heavy (non-hydrogen) atoms. The molecule has 0 unspecified atom stereocenters. The molecule has 0 heterocycles. The highest BCUT2D eigenvalue weighted by molar-refractivity contribution is 8.28. The van der Waals surface area contributed by atoms with Gasteiger partial charge in [0.2, 0.25) is 0 Å². The van der Waals surface area contributed by atoms with Crippen molar-refractivity contribution in [3.8, 4) is 5.75 Å². The average molecular weight is 754 g/mol. The van der Waals surface area contributed by atoms with Crippen LogP contribution >= 0.6 is 10.6 Å². The molecule has 4 nitrogen and oxygen atoms in total. The molecule has 0 aliphatic carbocycles. The Labute approximate surface area is 253 Å². The van der Waals surface area contributed by atoms with E-state index in [9.17, 15) is 83.1 Å². The van der Waals surface area contributed by atoms with Crippen molar-refractivity contribution in [2.24, 2.45) is 0 Å². The maximum Gasteiger partial charge on any atom is 0.460 e. The summed E-state index contributed by atoms with van der Waals surface area (Å²) in [4.78, 5) is 0. The summed E-state index contributed by atoms with van der Waals surface area (Å²) in [5.41, 5.74) is 0. The molecule has 0 amide bonds. The van der Waals surface area contributed by atoms with Gasteiger partial charge in [-0.3, -0.25) is 0 Å². The van der Waals surface area contributed by atoms with E-state index in [1.165, 1.54) is 54.6 Å². The molecular weight excluding hydrogens is 739 g/mol. The summed E-state index contributed by atoms with van der Waals surface area (Å²) in [6.45, 7) is 0. The van der Waals surface area contributed by atoms with E-state index < -0.39 is 73.4 Å². The first-order valence-electron chi connectivity index (χ1n) is 11.8. The molecule has 0 radical (unpaired) electrons. The number of halogens is 17. The first-order valence-corrected chi connectivity index (χ1v) is 15.5. The van der Waals surface area contributed by atoms with Crippen LogP contribution in [0.2, 0.25) is 0 Å². The molecule has 0 aromatic heterocycles. The van der Waals surface area contributed by atoms with Gasteiger partial charge in [0.05, 0.1) is 0 Å². The molecular formula is C24H15F17O4S2. The van der Waals surface area contributed by atoms with Crippen LogP contribution in [0.4, 0.5) is 74.6 Å². The van der Waals surface area contributed by atoms with Gasteiger partial charge in [-0.2, -0.15) is 83.1 Å². The summed E-state index contributed by atoms with van der Waals surface area (Å²) >= 11 is 0. The zero-order valence-electron chi connectivity index (χ0n) is 22.6. The van der Waals surface area contributed by atoms with Gasteiger partial charge in [0.25, 0.3) is 0 Å². The molecule has 0 saturated carbocycles. The number of alkyl halides is 17. The van der Waals surface area contributed by atoms with Crippen LogP contribution in [0.3, 0.4) is 0 Å². The minimum absolute atomic E-state index is 0.0786. The molecule has 3 aromatic rings. The summed E-state index contributed by atoms with van der Waals surface area (Å²) in [5.74, 6) is -52.6. The zero-order chi connectivity index (χ0) is 36.7. The molecule has 0 aliphatic rings. The maximum atomic E-state index is 14.6. The number of rotatable bonds is 11. The number of fused-ring (bicyclic) bond motifs is 2. The summed E-state index contributed by atoms with van der Waals surface area (Å²) < 4.78 is 265. The Morgan fingerprint density at radius 3 is 1.23 bits per heavy atom. The van der Waals surface area contributed by atoms with Crippen molar-refractivity contribution >= 4 is 42.3 Å². The summed E-state index contributed by atoms with van der Waals surface area (Å²) in [7, 11) is -12.1. The fraction of sp³-hybridized carbons (Fsp3) is 0.417. The second kappa shape index (κ2) is 11.0. The Morgan fingerprint density at radius 1 is 0.511 bits per heavy atom. The van der Waals surface area contributed by atoms with Gasteiger partial charge >= 0.3 is 57.1 Å². The number of hydrogen-bond donors (Lipinski definition) is 0. The number of hydrogen-bond acceptors (Lipinski definition) is 4. The first-order chi connectivity index (χ1) is 20.8. The van der Waals surface area contributed by atoms with E-state index in [-0.39, 0.29) is 10.8 Å². The zero-order valence-corrected chi connectivity index (χ0v) is 24.2. The molecule has 0 spiro atoms. The van der Waals surface area contributed by atoms with Crippen LogP contribution < -0.4 is 4.18 Å². The van der Waals surface area contributed by atoms with Crippen molar-refractivity contribution in [2.45, 2.75) is 47.0 Å². The highest BCUT2D eigenvalue weighted by atomic mass is 32.3. The maximum absolute atomic E-state index is 14.6. The molecule has 3 rings (SSSR count). The minimum atomic E-state index is -8.94. The molecule has 0 N–H and O–H groups in total. The normalized spacial score (nSPS) is 15.7. The Morgan fingerprint density at radius 2 is 0.851 bits per heavy atom. The topological polar surface area (TPSA) is 52.6 Å². The monoisotopic (exact) mass is 754 g/mol. The van der Waals surface area contributed by atoms with Crippen LogP contribution in [0.15, 0.2) is 54.6 Å². The predicted molar refractivity (Wildman–Crippen MR) is 132 cm³/mol. The van der Waals surface area contributed by atoms with E-state index in [0.29, 0.717) is 23.3 Å². The van der Waals surface area contributed by atoms with Gasteiger partial charge in [0.15, 0.2) is 5.75 Å². The average Bonchev–Trinajstić information content (AvgIpc) is 2.90. The minimum Gasteiger partial charge on any atom is -0.390 e. The highest BCUT2D eigenvalue weighted by Gasteiger charge is 2.96. The Balaban J connectivity index is 2.08. The highest BCUT2D eigenvalue weighted by Crippen LogP contribution is 2.65. The summed E-state index contributed by atoms with van der Waals surface area (Å²) in [6, 6.07) is 12.8. The lowest BCUT2D eigenvalue weighted by molar-refractivity contribution is -0.458. The van der Waals surface area contributed by atoms with E-state index in [1.54, 1.807) is 0 Å². The molecule has 0 bridgehead atoms. The largest absolute Gasteiger partial charge is 0.460 e. The fourth-order valence-electron chi connectivity index (χ4n) is 3.84. The molecule has 3 aromatic carbocycles. The second-order valence-corrected chi connectivity index (χ2v) is 14.3. The Hall–Kier alpha value is -2.95. The Bertz CT molecular complexity index is 1720. The molecule has 0 atom stereocenters. The van der Waals surface area contributed by atoms with Crippen molar-refractivity contribution in [3.63, 3.8) is 0 Å². The van der Waals surface area contributed by atoms with Crippen LogP contribution in [-0.2, 0) is 13.7 Å². The molecule has 0 saturated heterocycles. The molecule has 0 fully saturated rings. The van der Waals surface area contributed by atoms with E-state index in [2.05, 4.69) is 3.63 Å². The quantitative estimate of drug-likeness (QED) is 0.145. The number of benzene rings is 3.